The molecule has 0 unspecified atom stereocenters. The van der Waals surface area contributed by atoms with E-state index < -0.39 is 11.6 Å². The quantitative estimate of drug-likeness (QED) is 0.578. The summed E-state index contributed by atoms with van der Waals surface area (Å²) in [6.07, 6.45) is 0.378. The molecule has 4 nitrogen and oxygen atoms in total. The fourth-order valence-corrected chi connectivity index (χ4v) is 3.08. The predicted molar refractivity (Wildman–Crippen MR) is 99.1 cm³/mol. The third-order valence-corrected chi connectivity index (χ3v) is 4.42. The van der Waals surface area contributed by atoms with Crippen LogP contribution < -0.4 is 10.6 Å². The Labute approximate surface area is 151 Å². The highest BCUT2D eigenvalue weighted by Crippen LogP contribution is 2.18. The predicted octanol–water partition coefficient (Wildman–Crippen LogP) is 3.84. The summed E-state index contributed by atoms with van der Waals surface area (Å²) in [4.78, 5) is 9.06. The largest absolute Gasteiger partial charge is 0.357 e. The van der Waals surface area contributed by atoms with E-state index in [0.717, 1.165) is 29.4 Å². The van der Waals surface area contributed by atoms with Gasteiger partial charge in [-0.1, -0.05) is 13.8 Å². The zero-order chi connectivity index (χ0) is 18.2. The maximum absolute atomic E-state index is 13.6. The van der Waals surface area contributed by atoms with Crippen molar-refractivity contribution in [3.8, 4) is 0 Å². The Morgan fingerprint density at radius 1 is 1.28 bits per heavy atom. The molecule has 1 heterocycles. The van der Waals surface area contributed by atoms with Gasteiger partial charge in [0.05, 0.1) is 12.2 Å². The van der Waals surface area contributed by atoms with Gasteiger partial charge in [-0.2, -0.15) is 0 Å². The standard InChI is InChI=1S/C18H24F2N4S/c1-4-21-18(23-10-17-24-16(11-25-17)12(2)3)22-8-7-13-9-14(19)5-6-15(13)20/h5-6,9,11-12H,4,7-8,10H2,1-3H3,(H2,21,22,23). The first kappa shape index (κ1) is 19.3. The number of aromatic nitrogens is 1. The van der Waals surface area contributed by atoms with Crippen LogP contribution in [0.1, 0.15) is 43.0 Å². The molecule has 7 heteroatoms. The average molecular weight is 366 g/mol. The molecular weight excluding hydrogens is 342 g/mol. The second-order valence-electron chi connectivity index (χ2n) is 5.93. The van der Waals surface area contributed by atoms with Crippen molar-refractivity contribution in [3.05, 3.63) is 51.5 Å². The molecule has 2 aromatic rings. The molecule has 1 aromatic carbocycles. The van der Waals surface area contributed by atoms with Crippen LogP contribution in [0.25, 0.3) is 0 Å². The molecule has 0 saturated heterocycles. The van der Waals surface area contributed by atoms with Crippen LogP contribution in [-0.4, -0.2) is 24.0 Å². The molecule has 25 heavy (non-hydrogen) atoms. The van der Waals surface area contributed by atoms with Crippen molar-refractivity contribution in [3.63, 3.8) is 0 Å². The molecule has 0 fully saturated rings. The van der Waals surface area contributed by atoms with Gasteiger partial charge >= 0.3 is 0 Å². The molecule has 0 saturated carbocycles. The molecule has 0 aliphatic rings. The van der Waals surface area contributed by atoms with E-state index in [9.17, 15) is 8.78 Å². The minimum Gasteiger partial charge on any atom is -0.357 e. The van der Waals surface area contributed by atoms with E-state index in [-0.39, 0.29) is 0 Å². The summed E-state index contributed by atoms with van der Waals surface area (Å²) in [6, 6.07) is 3.50. The number of benzene rings is 1. The number of rotatable bonds is 7. The number of hydrogen-bond donors (Lipinski definition) is 2. The summed E-state index contributed by atoms with van der Waals surface area (Å²) in [5.74, 6) is 0.220. The van der Waals surface area contributed by atoms with Crippen molar-refractivity contribution in [2.45, 2.75) is 39.7 Å². The first-order valence-corrected chi connectivity index (χ1v) is 9.28. The highest BCUT2D eigenvalue weighted by atomic mass is 32.1. The first-order chi connectivity index (χ1) is 12.0. The van der Waals surface area contributed by atoms with Crippen LogP contribution in [0.15, 0.2) is 28.6 Å². The van der Waals surface area contributed by atoms with Gasteiger partial charge in [0.25, 0.3) is 0 Å². The number of nitrogens with zero attached hydrogens (tertiary/aromatic N) is 2. The molecule has 0 aliphatic carbocycles. The molecular formula is C18H24F2N4S. The molecule has 0 bridgehead atoms. The van der Waals surface area contributed by atoms with Gasteiger partial charge in [0, 0.05) is 18.5 Å². The molecule has 0 radical (unpaired) electrons. The maximum Gasteiger partial charge on any atom is 0.191 e. The number of nitrogens with one attached hydrogen (secondary N) is 2. The van der Waals surface area contributed by atoms with Gasteiger partial charge in [-0.3, -0.25) is 0 Å². The van der Waals surface area contributed by atoms with Crippen molar-refractivity contribution in [2.24, 2.45) is 4.99 Å². The van der Waals surface area contributed by atoms with Crippen LogP contribution in [0, 0.1) is 11.6 Å². The Morgan fingerprint density at radius 3 is 2.76 bits per heavy atom. The molecule has 0 aliphatic heterocycles. The third kappa shape index (κ3) is 6.08. The number of halogens is 2. The SMILES string of the molecule is CCNC(=NCc1nc(C(C)C)cs1)NCCc1cc(F)ccc1F. The van der Waals surface area contributed by atoms with Gasteiger partial charge in [0.1, 0.15) is 16.6 Å². The zero-order valence-corrected chi connectivity index (χ0v) is 15.6. The summed E-state index contributed by atoms with van der Waals surface area (Å²) in [5, 5.41) is 9.30. The van der Waals surface area contributed by atoms with Crippen LogP contribution >= 0.6 is 11.3 Å². The number of guanidine groups is 1. The Bertz CT molecular complexity index is 713. The highest BCUT2D eigenvalue weighted by Gasteiger charge is 2.07. The van der Waals surface area contributed by atoms with Crippen molar-refractivity contribution >= 4 is 17.3 Å². The molecule has 136 valence electrons. The van der Waals surface area contributed by atoms with Gasteiger partial charge in [0.15, 0.2) is 5.96 Å². The van der Waals surface area contributed by atoms with Crippen LogP contribution in [0.3, 0.4) is 0 Å². The topological polar surface area (TPSA) is 49.3 Å². The highest BCUT2D eigenvalue weighted by molar-refractivity contribution is 7.09. The normalized spacial score (nSPS) is 11.8. The Hall–Kier alpha value is -2.02. The van der Waals surface area contributed by atoms with E-state index >= 15 is 0 Å². The van der Waals surface area contributed by atoms with E-state index in [1.165, 1.54) is 6.07 Å². The second kappa shape index (κ2) is 9.46. The van der Waals surface area contributed by atoms with Gasteiger partial charge in [0.2, 0.25) is 0 Å². The van der Waals surface area contributed by atoms with E-state index in [0.29, 0.717) is 37.0 Å². The van der Waals surface area contributed by atoms with Crippen LogP contribution in [0.2, 0.25) is 0 Å². The van der Waals surface area contributed by atoms with Gasteiger partial charge in [-0.15, -0.1) is 11.3 Å². The summed E-state index contributed by atoms with van der Waals surface area (Å²) in [7, 11) is 0. The van der Waals surface area contributed by atoms with Gasteiger partial charge in [-0.05, 0) is 43.0 Å². The maximum atomic E-state index is 13.6. The average Bonchev–Trinajstić information content (AvgIpc) is 3.05. The molecule has 0 spiro atoms. The summed E-state index contributed by atoms with van der Waals surface area (Å²) >= 11 is 1.60. The van der Waals surface area contributed by atoms with Crippen molar-refractivity contribution in [1.29, 1.82) is 0 Å². The minimum absolute atomic E-state index is 0.352. The Balaban J connectivity index is 1.91. The number of aliphatic imine (C=N–C) groups is 1. The van der Waals surface area contributed by atoms with Crippen molar-refractivity contribution < 1.29 is 8.78 Å². The Morgan fingerprint density at radius 2 is 2.08 bits per heavy atom. The second-order valence-corrected chi connectivity index (χ2v) is 6.87. The first-order valence-electron chi connectivity index (χ1n) is 8.40. The van der Waals surface area contributed by atoms with Crippen LogP contribution in [0.5, 0.6) is 0 Å². The third-order valence-electron chi connectivity index (χ3n) is 3.57. The molecule has 2 N–H and O–H groups in total. The summed E-state index contributed by atoms with van der Waals surface area (Å²) < 4.78 is 26.8. The lowest BCUT2D eigenvalue weighted by Gasteiger charge is -2.11. The van der Waals surface area contributed by atoms with Gasteiger partial charge in [-0.25, -0.2) is 18.8 Å². The number of thiazole rings is 1. The van der Waals surface area contributed by atoms with E-state index in [1.807, 2.05) is 6.92 Å². The van der Waals surface area contributed by atoms with Crippen molar-refractivity contribution in [2.75, 3.05) is 13.1 Å². The fraction of sp³-hybridized carbons (Fsp3) is 0.444. The van der Waals surface area contributed by atoms with Gasteiger partial charge < -0.3 is 10.6 Å². The summed E-state index contributed by atoms with van der Waals surface area (Å²) in [5.41, 5.74) is 1.43. The van der Waals surface area contributed by atoms with Crippen molar-refractivity contribution in [1.82, 2.24) is 15.6 Å². The van der Waals surface area contributed by atoms with E-state index in [4.69, 9.17) is 0 Å². The Kier molecular flexibility index (Phi) is 7.31. The molecule has 2 rings (SSSR count). The minimum atomic E-state index is -0.429. The monoisotopic (exact) mass is 366 g/mol. The lowest BCUT2D eigenvalue weighted by molar-refractivity contribution is 0.583. The molecule has 1 aromatic heterocycles. The van der Waals surface area contributed by atoms with E-state index in [1.54, 1.807) is 11.3 Å². The smallest absolute Gasteiger partial charge is 0.191 e. The van der Waals surface area contributed by atoms with E-state index in [2.05, 4.69) is 39.8 Å². The fourth-order valence-electron chi connectivity index (χ4n) is 2.20. The summed E-state index contributed by atoms with van der Waals surface area (Å²) in [6.45, 7) is 7.86. The number of hydrogen-bond acceptors (Lipinski definition) is 3. The zero-order valence-electron chi connectivity index (χ0n) is 14.8. The molecule has 0 amide bonds. The van der Waals surface area contributed by atoms with Crippen LogP contribution in [-0.2, 0) is 13.0 Å². The lowest BCUT2D eigenvalue weighted by atomic mass is 10.1. The van der Waals surface area contributed by atoms with Crippen LogP contribution in [0.4, 0.5) is 8.78 Å². The lowest BCUT2D eigenvalue weighted by Crippen LogP contribution is -2.38. The molecule has 0 atom stereocenters.